The van der Waals surface area contributed by atoms with E-state index in [9.17, 15) is 4.39 Å². The van der Waals surface area contributed by atoms with E-state index in [0.29, 0.717) is 29.2 Å². The zero-order chi connectivity index (χ0) is 14.1. The van der Waals surface area contributed by atoms with Gasteiger partial charge in [0.05, 0.1) is 5.52 Å². The summed E-state index contributed by atoms with van der Waals surface area (Å²) in [6.45, 7) is 1.89. The van der Waals surface area contributed by atoms with Crippen molar-refractivity contribution in [2.24, 2.45) is 11.7 Å². The molecule has 0 saturated carbocycles. The average molecular weight is 274 g/mol. The topological polar surface area (TPSA) is 68.2 Å². The first-order valence-electron chi connectivity index (χ1n) is 6.91. The molecule has 1 aromatic heterocycles. The maximum atomic E-state index is 13.5. The molecule has 0 amide bonds. The summed E-state index contributed by atoms with van der Waals surface area (Å²) < 4.78 is 13.5. The van der Waals surface area contributed by atoms with Crippen LogP contribution in [0.5, 0.6) is 0 Å². The first-order chi connectivity index (χ1) is 9.74. The van der Waals surface area contributed by atoms with Crippen molar-refractivity contribution in [1.82, 2.24) is 4.98 Å². The molecule has 0 aliphatic carbocycles. The van der Waals surface area contributed by atoms with Crippen molar-refractivity contribution in [3.8, 4) is 0 Å². The van der Waals surface area contributed by atoms with Crippen LogP contribution in [0.4, 0.5) is 15.8 Å². The number of rotatable bonds is 3. The van der Waals surface area contributed by atoms with Gasteiger partial charge < -0.3 is 16.4 Å². The van der Waals surface area contributed by atoms with Crippen LogP contribution >= 0.6 is 0 Å². The molecule has 1 fully saturated rings. The summed E-state index contributed by atoms with van der Waals surface area (Å²) in [6, 6.07) is 5.58. The smallest absolute Gasteiger partial charge is 0.119 e. The van der Waals surface area contributed by atoms with E-state index in [2.05, 4.69) is 9.88 Å². The fraction of sp³-hybridized carbons (Fsp3) is 0.400. The number of alkyl halides is 1. The lowest BCUT2D eigenvalue weighted by Crippen LogP contribution is -2.23. The van der Waals surface area contributed by atoms with Crippen LogP contribution in [0.3, 0.4) is 0 Å². The highest BCUT2D eigenvalue weighted by Gasteiger charge is 2.25. The van der Waals surface area contributed by atoms with E-state index in [1.54, 1.807) is 6.20 Å². The Morgan fingerprint density at radius 2 is 2.30 bits per heavy atom. The molecule has 0 spiro atoms. The van der Waals surface area contributed by atoms with Gasteiger partial charge in [0.2, 0.25) is 0 Å². The Labute approximate surface area is 117 Å². The van der Waals surface area contributed by atoms with Crippen LogP contribution in [0.15, 0.2) is 24.4 Å². The lowest BCUT2D eigenvalue weighted by atomic mass is 10.1. The lowest BCUT2D eigenvalue weighted by molar-refractivity contribution is 0.487. The van der Waals surface area contributed by atoms with Crippen molar-refractivity contribution in [2.45, 2.75) is 13.1 Å². The third-order valence-electron chi connectivity index (χ3n) is 4.10. The highest BCUT2D eigenvalue weighted by molar-refractivity contribution is 5.96. The van der Waals surface area contributed by atoms with Gasteiger partial charge in [0, 0.05) is 41.6 Å². The fourth-order valence-corrected chi connectivity index (χ4v) is 2.97. The zero-order valence-electron chi connectivity index (χ0n) is 11.3. The summed E-state index contributed by atoms with van der Waals surface area (Å²) in [5.41, 5.74) is 14.6. The SMILES string of the molecule is NCC1CCN(c2cc(N)c3cccnc3c2CF)C1. The van der Waals surface area contributed by atoms with E-state index in [0.717, 1.165) is 30.6 Å². The molecule has 1 unspecified atom stereocenters. The van der Waals surface area contributed by atoms with Crippen molar-refractivity contribution in [2.75, 3.05) is 30.3 Å². The van der Waals surface area contributed by atoms with Gasteiger partial charge in [0.15, 0.2) is 0 Å². The summed E-state index contributed by atoms with van der Waals surface area (Å²) in [4.78, 5) is 6.49. The summed E-state index contributed by atoms with van der Waals surface area (Å²) in [5.74, 6) is 0.475. The van der Waals surface area contributed by atoms with Gasteiger partial charge in [0.25, 0.3) is 0 Å². The third-order valence-corrected chi connectivity index (χ3v) is 4.10. The summed E-state index contributed by atoms with van der Waals surface area (Å²) in [5, 5.41) is 0.818. The fourth-order valence-electron chi connectivity index (χ4n) is 2.97. The second-order valence-corrected chi connectivity index (χ2v) is 5.33. The van der Waals surface area contributed by atoms with Crippen molar-refractivity contribution >= 4 is 22.3 Å². The highest BCUT2D eigenvalue weighted by atomic mass is 19.1. The summed E-state index contributed by atoms with van der Waals surface area (Å²) in [6.07, 6.45) is 2.72. The highest BCUT2D eigenvalue weighted by Crippen LogP contribution is 2.35. The number of nitrogen functional groups attached to an aromatic ring is 1. The molecule has 0 radical (unpaired) electrons. The molecular weight excluding hydrogens is 255 g/mol. The number of halogens is 1. The molecule has 1 aliphatic heterocycles. The molecular formula is C15H19FN4. The normalized spacial score (nSPS) is 18.9. The Bertz CT molecular complexity index is 629. The van der Waals surface area contributed by atoms with Crippen LogP contribution in [0.1, 0.15) is 12.0 Å². The number of fused-ring (bicyclic) bond motifs is 1. The van der Waals surface area contributed by atoms with Gasteiger partial charge in [-0.3, -0.25) is 4.98 Å². The summed E-state index contributed by atoms with van der Waals surface area (Å²) in [7, 11) is 0. The molecule has 3 rings (SSSR count). The maximum Gasteiger partial charge on any atom is 0.119 e. The van der Waals surface area contributed by atoms with Gasteiger partial charge in [-0.1, -0.05) is 0 Å². The van der Waals surface area contributed by atoms with Gasteiger partial charge in [-0.2, -0.15) is 0 Å². The van der Waals surface area contributed by atoms with E-state index in [-0.39, 0.29) is 0 Å². The first kappa shape index (κ1) is 13.1. The Morgan fingerprint density at radius 1 is 1.45 bits per heavy atom. The number of hydrogen-bond donors (Lipinski definition) is 2. The van der Waals surface area contributed by atoms with Crippen molar-refractivity contribution in [3.63, 3.8) is 0 Å². The van der Waals surface area contributed by atoms with Crippen molar-refractivity contribution in [1.29, 1.82) is 0 Å². The average Bonchev–Trinajstić information content (AvgIpc) is 2.96. The standard InChI is InChI=1S/C15H19FN4/c16-7-12-14(20-5-3-10(8-17)9-20)6-13(18)11-2-1-4-19-15(11)12/h1-2,4,6,10H,3,5,7-9,17-18H2. The predicted molar refractivity (Wildman–Crippen MR) is 80.3 cm³/mol. The van der Waals surface area contributed by atoms with Gasteiger partial charge in [-0.15, -0.1) is 0 Å². The minimum atomic E-state index is -0.535. The van der Waals surface area contributed by atoms with E-state index >= 15 is 0 Å². The summed E-state index contributed by atoms with van der Waals surface area (Å²) >= 11 is 0. The number of hydrogen-bond acceptors (Lipinski definition) is 4. The number of aromatic nitrogens is 1. The van der Waals surface area contributed by atoms with Crippen LogP contribution in [0, 0.1) is 5.92 Å². The van der Waals surface area contributed by atoms with Crippen LogP contribution in [-0.4, -0.2) is 24.6 Å². The number of anilines is 2. The van der Waals surface area contributed by atoms with Crippen LogP contribution in [0.2, 0.25) is 0 Å². The van der Waals surface area contributed by atoms with E-state index in [1.165, 1.54) is 0 Å². The number of nitrogens with zero attached hydrogens (tertiary/aromatic N) is 2. The maximum absolute atomic E-state index is 13.5. The molecule has 1 atom stereocenters. The third kappa shape index (κ3) is 2.08. The molecule has 1 aromatic carbocycles. The minimum Gasteiger partial charge on any atom is -0.398 e. The number of pyridine rings is 1. The van der Waals surface area contributed by atoms with Crippen LogP contribution in [0.25, 0.3) is 10.9 Å². The molecule has 20 heavy (non-hydrogen) atoms. The van der Waals surface area contributed by atoms with Gasteiger partial charge in [-0.25, -0.2) is 4.39 Å². The monoisotopic (exact) mass is 274 g/mol. The molecule has 5 heteroatoms. The first-order valence-corrected chi connectivity index (χ1v) is 6.91. The molecule has 4 nitrogen and oxygen atoms in total. The molecule has 1 aliphatic rings. The number of nitrogens with two attached hydrogens (primary N) is 2. The van der Waals surface area contributed by atoms with Crippen LogP contribution < -0.4 is 16.4 Å². The van der Waals surface area contributed by atoms with E-state index in [1.807, 2.05) is 18.2 Å². The molecule has 4 N–H and O–H groups in total. The largest absolute Gasteiger partial charge is 0.398 e. The lowest BCUT2D eigenvalue weighted by Gasteiger charge is -2.23. The molecule has 1 saturated heterocycles. The van der Waals surface area contributed by atoms with E-state index < -0.39 is 6.67 Å². The van der Waals surface area contributed by atoms with Gasteiger partial charge in [-0.05, 0) is 37.1 Å². The number of benzene rings is 1. The van der Waals surface area contributed by atoms with Gasteiger partial charge >= 0.3 is 0 Å². The molecule has 2 heterocycles. The van der Waals surface area contributed by atoms with E-state index in [4.69, 9.17) is 11.5 Å². The Morgan fingerprint density at radius 3 is 3.00 bits per heavy atom. The molecule has 0 bridgehead atoms. The quantitative estimate of drug-likeness (QED) is 0.841. The zero-order valence-corrected chi connectivity index (χ0v) is 11.3. The second-order valence-electron chi connectivity index (χ2n) is 5.33. The second kappa shape index (κ2) is 5.25. The Balaban J connectivity index is 2.11. The Hall–Kier alpha value is -1.88. The minimum absolute atomic E-state index is 0.475. The molecule has 2 aromatic rings. The van der Waals surface area contributed by atoms with Gasteiger partial charge in [0.1, 0.15) is 6.67 Å². The van der Waals surface area contributed by atoms with Crippen molar-refractivity contribution in [3.05, 3.63) is 30.0 Å². The molecule has 106 valence electrons. The Kier molecular flexibility index (Phi) is 3.44. The van der Waals surface area contributed by atoms with Crippen LogP contribution in [-0.2, 0) is 6.67 Å². The van der Waals surface area contributed by atoms with Crippen molar-refractivity contribution < 1.29 is 4.39 Å². The predicted octanol–water partition coefficient (Wildman–Crippen LogP) is 2.07.